The second-order valence-corrected chi connectivity index (χ2v) is 8.62. The van der Waals surface area contributed by atoms with Crippen LogP contribution >= 0.6 is 0 Å². The highest BCUT2D eigenvalue weighted by molar-refractivity contribution is 5.04. The molecule has 162 valence electrons. The minimum absolute atomic E-state index is 0.230. The topological polar surface area (TPSA) is 33.1 Å². The fourth-order valence-corrected chi connectivity index (χ4v) is 3.97. The van der Waals surface area contributed by atoms with Crippen LogP contribution in [0.3, 0.4) is 0 Å². The molecule has 1 atom stereocenters. The second kappa shape index (κ2) is 19.4. The average molecular weight is 390 g/mol. The van der Waals surface area contributed by atoms with Gasteiger partial charge in [-0.2, -0.15) is 0 Å². The molecule has 0 saturated heterocycles. The Morgan fingerprint density at radius 3 is 1.57 bits per heavy atom. The SMILES string of the molecule is CCCCCCCCCCCCCCCCCCCC(O)Cc1ccccn1. The van der Waals surface area contributed by atoms with Gasteiger partial charge in [0.15, 0.2) is 0 Å². The lowest BCUT2D eigenvalue weighted by Crippen LogP contribution is -2.11. The van der Waals surface area contributed by atoms with Crippen LogP contribution in [-0.4, -0.2) is 16.2 Å². The first-order chi connectivity index (χ1) is 13.8. The van der Waals surface area contributed by atoms with Crippen molar-refractivity contribution in [1.82, 2.24) is 4.98 Å². The number of aliphatic hydroxyl groups is 1. The number of aromatic nitrogens is 1. The Morgan fingerprint density at radius 2 is 1.14 bits per heavy atom. The van der Waals surface area contributed by atoms with Gasteiger partial charge in [-0.1, -0.05) is 122 Å². The summed E-state index contributed by atoms with van der Waals surface area (Å²) in [5, 5.41) is 10.1. The number of hydrogen-bond acceptors (Lipinski definition) is 2. The molecule has 1 aromatic heterocycles. The third kappa shape index (κ3) is 16.1. The number of unbranched alkanes of at least 4 members (excludes halogenated alkanes) is 16. The van der Waals surface area contributed by atoms with Crippen LogP contribution in [0.15, 0.2) is 24.4 Å². The first-order valence-electron chi connectivity index (χ1n) is 12.4. The van der Waals surface area contributed by atoms with E-state index in [-0.39, 0.29) is 6.10 Å². The Balaban J connectivity index is 1.74. The lowest BCUT2D eigenvalue weighted by Gasteiger charge is -2.09. The van der Waals surface area contributed by atoms with Crippen LogP contribution in [-0.2, 0) is 6.42 Å². The van der Waals surface area contributed by atoms with Crippen LogP contribution in [0.2, 0.25) is 0 Å². The maximum Gasteiger partial charge on any atom is 0.0595 e. The molecule has 1 aromatic rings. The van der Waals surface area contributed by atoms with E-state index in [0.29, 0.717) is 6.42 Å². The summed E-state index contributed by atoms with van der Waals surface area (Å²) in [6.07, 6.45) is 26.9. The first-order valence-corrected chi connectivity index (χ1v) is 12.4. The standard InChI is InChI=1S/C26H47NO/c1-2-3-4-5-6-7-8-9-10-11-12-13-14-15-16-17-18-22-26(28)24-25-21-19-20-23-27-25/h19-21,23,26,28H,2-18,22,24H2,1H3. The van der Waals surface area contributed by atoms with E-state index in [0.717, 1.165) is 18.5 Å². The lowest BCUT2D eigenvalue weighted by atomic mass is 10.0. The molecule has 0 aliphatic rings. The molecule has 0 radical (unpaired) electrons. The summed E-state index contributed by atoms with van der Waals surface area (Å²) in [4.78, 5) is 4.29. The summed E-state index contributed by atoms with van der Waals surface area (Å²) in [6.45, 7) is 2.29. The lowest BCUT2D eigenvalue weighted by molar-refractivity contribution is 0.159. The number of nitrogens with zero attached hydrogens (tertiary/aromatic N) is 1. The Kier molecular flexibility index (Phi) is 17.4. The maximum atomic E-state index is 10.1. The van der Waals surface area contributed by atoms with Crippen molar-refractivity contribution >= 4 is 0 Å². The molecular weight excluding hydrogens is 342 g/mol. The van der Waals surface area contributed by atoms with Crippen LogP contribution in [0.25, 0.3) is 0 Å². The zero-order valence-corrected chi connectivity index (χ0v) is 18.7. The summed E-state index contributed by atoms with van der Waals surface area (Å²) in [7, 11) is 0. The van der Waals surface area contributed by atoms with E-state index in [2.05, 4.69) is 11.9 Å². The molecule has 0 spiro atoms. The molecule has 1 unspecified atom stereocenters. The first kappa shape index (κ1) is 25.1. The van der Waals surface area contributed by atoms with Gasteiger partial charge >= 0.3 is 0 Å². The van der Waals surface area contributed by atoms with Crippen molar-refractivity contribution in [3.05, 3.63) is 30.1 Å². The fourth-order valence-electron chi connectivity index (χ4n) is 3.97. The quantitative estimate of drug-likeness (QED) is 0.229. The van der Waals surface area contributed by atoms with Crippen molar-refractivity contribution in [2.45, 2.75) is 135 Å². The highest BCUT2D eigenvalue weighted by Crippen LogP contribution is 2.15. The molecule has 0 aromatic carbocycles. The molecule has 2 nitrogen and oxygen atoms in total. The largest absolute Gasteiger partial charge is 0.393 e. The third-order valence-electron chi connectivity index (χ3n) is 5.81. The van der Waals surface area contributed by atoms with Crippen LogP contribution in [0, 0.1) is 0 Å². The van der Waals surface area contributed by atoms with Gasteiger partial charge in [-0.05, 0) is 18.6 Å². The predicted molar refractivity (Wildman–Crippen MR) is 123 cm³/mol. The van der Waals surface area contributed by atoms with Gasteiger partial charge in [0.1, 0.15) is 0 Å². The van der Waals surface area contributed by atoms with Crippen LogP contribution in [0.1, 0.15) is 128 Å². The van der Waals surface area contributed by atoms with Crippen molar-refractivity contribution in [3.63, 3.8) is 0 Å². The van der Waals surface area contributed by atoms with Gasteiger partial charge < -0.3 is 5.11 Å². The average Bonchev–Trinajstić information content (AvgIpc) is 2.71. The molecule has 2 heteroatoms. The smallest absolute Gasteiger partial charge is 0.0595 e. The van der Waals surface area contributed by atoms with E-state index in [9.17, 15) is 5.11 Å². The van der Waals surface area contributed by atoms with Crippen LogP contribution < -0.4 is 0 Å². The monoisotopic (exact) mass is 389 g/mol. The molecule has 28 heavy (non-hydrogen) atoms. The van der Waals surface area contributed by atoms with Crippen molar-refractivity contribution in [3.8, 4) is 0 Å². The zero-order valence-electron chi connectivity index (χ0n) is 18.7. The summed E-state index contributed by atoms with van der Waals surface area (Å²) in [6, 6.07) is 5.91. The molecule has 0 fully saturated rings. The molecule has 0 aliphatic carbocycles. The number of rotatable bonds is 20. The maximum absolute atomic E-state index is 10.1. The van der Waals surface area contributed by atoms with Crippen LogP contribution in [0.4, 0.5) is 0 Å². The number of pyridine rings is 1. The minimum atomic E-state index is -0.230. The van der Waals surface area contributed by atoms with E-state index >= 15 is 0 Å². The predicted octanol–water partition coefficient (Wildman–Crippen LogP) is 8.03. The fraction of sp³-hybridized carbons (Fsp3) is 0.808. The zero-order chi connectivity index (χ0) is 20.1. The van der Waals surface area contributed by atoms with Gasteiger partial charge in [0.2, 0.25) is 0 Å². The molecule has 0 amide bonds. The molecule has 0 saturated carbocycles. The van der Waals surface area contributed by atoms with Crippen molar-refractivity contribution in [2.24, 2.45) is 0 Å². The van der Waals surface area contributed by atoms with E-state index in [1.807, 2.05) is 18.2 Å². The Bertz CT molecular complexity index is 420. The van der Waals surface area contributed by atoms with Gasteiger partial charge in [0.05, 0.1) is 6.10 Å². The normalized spacial score (nSPS) is 12.4. The van der Waals surface area contributed by atoms with E-state index in [1.54, 1.807) is 6.20 Å². The molecule has 0 aliphatic heterocycles. The summed E-state index contributed by atoms with van der Waals surface area (Å²) >= 11 is 0. The molecule has 0 bridgehead atoms. The van der Waals surface area contributed by atoms with Gasteiger partial charge in [-0.3, -0.25) is 4.98 Å². The Hall–Kier alpha value is -0.890. The second-order valence-electron chi connectivity index (χ2n) is 8.62. The Labute approximate surface area is 175 Å². The minimum Gasteiger partial charge on any atom is -0.393 e. The molecule has 1 rings (SSSR count). The van der Waals surface area contributed by atoms with Crippen molar-refractivity contribution in [2.75, 3.05) is 0 Å². The van der Waals surface area contributed by atoms with E-state index < -0.39 is 0 Å². The van der Waals surface area contributed by atoms with Gasteiger partial charge in [0, 0.05) is 18.3 Å². The van der Waals surface area contributed by atoms with E-state index in [1.165, 1.54) is 103 Å². The highest BCUT2D eigenvalue weighted by Gasteiger charge is 2.05. The highest BCUT2D eigenvalue weighted by atomic mass is 16.3. The van der Waals surface area contributed by atoms with Crippen LogP contribution in [0.5, 0.6) is 0 Å². The molecular formula is C26H47NO. The Morgan fingerprint density at radius 1 is 0.679 bits per heavy atom. The van der Waals surface area contributed by atoms with Gasteiger partial charge in [-0.25, -0.2) is 0 Å². The summed E-state index contributed by atoms with van der Waals surface area (Å²) in [5.74, 6) is 0. The van der Waals surface area contributed by atoms with Crippen molar-refractivity contribution in [1.29, 1.82) is 0 Å². The summed E-state index contributed by atoms with van der Waals surface area (Å²) in [5.41, 5.74) is 1.00. The third-order valence-corrected chi connectivity index (χ3v) is 5.81. The van der Waals surface area contributed by atoms with Gasteiger partial charge in [-0.15, -0.1) is 0 Å². The molecule has 1 heterocycles. The van der Waals surface area contributed by atoms with E-state index in [4.69, 9.17) is 0 Å². The number of aliphatic hydroxyl groups excluding tert-OH is 1. The number of hydrogen-bond donors (Lipinski definition) is 1. The van der Waals surface area contributed by atoms with Gasteiger partial charge in [0.25, 0.3) is 0 Å². The molecule has 1 N–H and O–H groups in total. The summed E-state index contributed by atoms with van der Waals surface area (Å²) < 4.78 is 0. The van der Waals surface area contributed by atoms with Crippen molar-refractivity contribution < 1.29 is 5.11 Å².